The lowest BCUT2D eigenvalue weighted by atomic mass is 9.95. The summed E-state index contributed by atoms with van der Waals surface area (Å²) in [4.78, 5) is 12.6. The first-order valence-electron chi connectivity index (χ1n) is 8.49. The number of rotatable bonds is 4. The second kappa shape index (κ2) is 7.57. The number of aromatic nitrogens is 2. The number of hydrogen-bond donors (Lipinski definition) is 2. The van der Waals surface area contributed by atoms with Crippen LogP contribution in [0, 0.1) is 12.8 Å². The van der Waals surface area contributed by atoms with Gasteiger partial charge in [-0.25, -0.2) is 0 Å². The molecule has 3 rings (SSSR count). The fourth-order valence-corrected chi connectivity index (χ4v) is 3.25. The van der Waals surface area contributed by atoms with Crippen molar-refractivity contribution in [3.05, 3.63) is 35.7 Å². The van der Waals surface area contributed by atoms with E-state index < -0.39 is 0 Å². The zero-order chi connectivity index (χ0) is 16.9. The van der Waals surface area contributed by atoms with Crippen LogP contribution in [0.2, 0.25) is 0 Å². The van der Waals surface area contributed by atoms with Crippen molar-refractivity contribution >= 4 is 5.91 Å². The Labute approximate surface area is 141 Å². The third-order valence-corrected chi connectivity index (χ3v) is 4.61. The van der Waals surface area contributed by atoms with Crippen LogP contribution in [0.4, 0.5) is 0 Å². The molecule has 6 nitrogen and oxygen atoms in total. The number of nitrogens with zero attached hydrogens (tertiary/aromatic N) is 2. The van der Waals surface area contributed by atoms with Crippen LogP contribution in [0.3, 0.4) is 0 Å². The highest BCUT2D eigenvalue weighted by molar-refractivity contribution is 5.95. The van der Waals surface area contributed by atoms with Gasteiger partial charge in [0.15, 0.2) is 0 Å². The largest absolute Gasteiger partial charge is 0.421 e. The average molecular weight is 329 g/mol. The van der Waals surface area contributed by atoms with E-state index in [0.29, 0.717) is 17.3 Å². The molecule has 1 heterocycles. The molecular formula is C18H23N3O3. The molecular weight excluding hydrogens is 306 g/mol. The molecule has 0 aliphatic heterocycles. The standard InChI is InChI=1S/C18H23N3O3/c1-12-20-21-18(24-12)14-8-5-7-13(10-14)17(23)19-16-9-4-2-3-6-15(16)11-22/h5,7-8,10,15-16,22H,2-4,6,9,11H2,1H3,(H,19,23). The van der Waals surface area contributed by atoms with Crippen molar-refractivity contribution in [3.8, 4) is 11.5 Å². The molecule has 1 amide bonds. The van der Waals surface area contributed by atoms with E-state index in [1.807, 2.05) is 6.07 Å². The zero-order valence-corrected chi connectivity index (χ0v) is 13.9. The van der Waals surface area contributed by atoms with Crippen LogP contribution in [0.1, 0.15) is 48.4 Å². The highest BCUT2D eigenvalue weighted by atomic mass is 16.4. The summed E-state index contributed by atoms with van der Waals surface area (Å²) in [5.74, 6) is 0.908. The van der Waals surface area contributed by atoms with Gasteiger partial charge in [-0.05, 0) is 31.0 Å². The van der Waals surface area contributed by atoms with Crippen LogP contribution in [-0.4, -0.2) is 33.9 Å². The maximum absolute atomic E-state index is 12.6. The molecule has 0 saturated heterocycles. The number of benzene rings is 1. The summed E-state index contributed by atoms with van der Waals surface area (Å²) < 4.78 is 5.42. The van der Waals surface area contributed by atoms with Crippen LogP contribution in [0.5, 0.6) is 0 Å². The molecule has 2 aromatic rings. The number of amides is 1. The Morgan fingerprint density at radius 2 is 2.12 bits per heavy atom. The van der Waals surface area contributed by atoms with Crippen LogP contribution in [0.25, 0.3) is 11.5 Å². The fraction of sp³-hybridized carbons (Fsp3) is 0.500. The van der Waals surface area contributed by atoms with Crippen LogP contribution in [0.15, 0.2) is 28.7 Å². The van der Waals surface area contributed by atoms with Gasteiger partial charge in [-0.1, -0.05) is 25.3 Å². The fourth-order valence-electron chi connectivity index (χ4n) is 3.25. The highest BCUT2D eigenvalue weighted by Gasteiger charge is 2.25. The first-order valence-corrected chi connectivity index (χ1v) is 8.49. The monoisotopic (exact) mass is 329 g/mol. The van der Waals surface area contributed by atoms with Crippen molar-refractivity contribution in [2.45, 2.75) is 45.1 Å². The molecule has 24 heavy (non-hydrogen) atoms. The number of carbonyl (C=O) groups excluding carboxylic acids is 1. The highest BCUT2D eigenvalue weighted by Crippen LogP contribution is 2.24. The maximum Gasteiger partial charge on any atom is 0.251 e. The minimum absolute atomic E-state index is 0.0271. The molecule has 1 aromatic carbocycles. The number of aliphatic hydroxyl groups excluding tert-OH is 1. The van der Waals surface area contributed by atoms with E-state index in [-0.39, 0.29) is 24.5 Å². The molecule has 1 aliphatic carbocycles. The summed E-state index contributed by atoms with van der Waals surface area (Å²) in [5.41, 5.74) is 1.28. The molecule has 1 aromatic heterocycles. The van der Waals surface area contributed by atoms with Gasteiger partial charge in [-0.3, -0.25) is 4.79 Å². The minimum Gasteiger partial charge on any atom is -0.421 e. The normalized spacial score (nSPS) is 21.2. The van der Waals surface area contributed by atoms with Gasteiger partial charge in [0.05, 0.1) is 0 Å². The Bertz CT molecular complexity index is 698. The Kier molecular flexibility index (Phi) is 5.25. The van der Waals surface area contributed by atoms with Crippen molar-refractivity contribution in [1.82, 2.24) is 15.5 Å². The smallest absolute Gasteiger partial charge is 0.251 e. The molecule has 1 aliphatic rings. The van der Waals surface area contributed by atoms with Gasteiger partial charge in [-0.15, -0.1) is 10.2 Å². The number of nitrogens with one attached hydrogen (secondary N) is 1. The summed E-state index contributed by atoms with van der Waals surface area (Å²) in [6.45, 7) is 1.85. The molecule has 0 radical (unpaired) electrons. The SMILES string of the molecule is Cc1nnc(-c2cccc(C(=O)NC3CCCCCC3CO)c2)o1. The Morgan fingerprint density at radius 1 is 1.29 bits per heavy atom. The predicted molar refractivity (Wildman–Crippen MR) is 89.4 cm³/mol. The number of aryl methyl sites for hydroxylation is 1. The van der Waals surface area contributed by atoms with Gasteiger partial charge in [0, 0.05) is 36.6 Å². The number of aliphatic hydroxyl groups is 1. The summed E-state index contributed by atoms with van der Waals surface area (Å²) in [7, 11) is 0. The molecule has 2 unspecified atom stereocenters. The first kappa shape index (κ1) is 16.6. The van der Waals surface area contributed by atoms with Gasteiger partial charge in [0.2, 0.25) is 11.8 Å². The van der Waals surface area contributed by atoms with E-state index in [9.17, 15) is 9.90 Å². The third-order valence-electron chi connectivity index (χ3n) is 4.61. The quantitative estimate of drug-likeness (QED) is 0.842. The van der Waals surface area contributed by atoms with E-state index >= 15 is 0 Å². The lowest BCUT2D eigenvalue weighted by Crippen LogP contribution is -2.41. The van der Waals surface area contributed by atoms with Crippen LogP contribution >= 0.6 is 0 Å². The van der Waals surface area contributed by atoms with E-state index in [0.717, 1.165) is 37.7 Å². The molecule has 1 fully saturated rings. The van der Waals surface area contributed by atoms with E-state index in [1.54, 1.807) is 25.1 Å². The summed E-state index contributed by atoms with van der Waals surface area (Å²) in [6, 6.07) is 7.20. The van der Waals surface area contributed by atoms with Gasteiger partial charge in [0.1, 0.15) is 0 Å². The Hall–Kier alpha value is -2.21. The molecule has 128 valence electrons. The number of hydrogen-bond acceptors (Lipinski definition) is 5. The maximum atomic E-state index is 12.6. The second-order valence-electron chi connectivity index (χ2n) is 6.37. The van der Waals surface area contributed by atoms with Gasteiger partial charge < -0.3 is 14.8 Å². The van der Waals surface area contributed by atoms with Crippen molar-refractivity contribution in [3.63, 3.8) is 0 Å². The minimum atomic E-state index is -0.126. The molecule has 1 saturated carbocycles. The molecule has 0 spiro atoms. The molecule has 2 N–H and O–H groups in total. The lowest BCUT2D eigenvalue weighted by molar-refractivity contribution is 0.0899. The van der Waals surface area contributed by atoms with Crippen molar-refractivity contribution in [1.29, 1.82) is 0 Å². The lowest BCUT2D eigenvalue weighted by Gasteiger charge is -2.24. The summed E-state index contributed by atoms with van der Waals surface area (Å²) in [6.07, 6.45) is 5.24. The Morgan fingerprint density at radius 3 is 2.88 bits per heavy atom. The predicted octanol–water partition coefficient (Wildman–Crippen LogP) is 2.72. The average Bonchev–Trinajstić information content (AvgIpc) is 2.91. The van der Waals surface area contributed by atoms with E-state index in [1.165, 1.54) is 0 Å². The van der Waals surface area contributed by atoms with Crippen LogP contribution in [-0.2, 0) is 0 Å². The summed E-state index contributed by atoms with van der Waals surface area (Å²) >= 11 is 0. The van der Waals surface area contributed by atoms with E-state index in [2.05, 4.69) is 15.5 Å². The topological polar surface area (TPSA) is 88.2 Å². The molecule has 0 bridgehead atoms. The van der Waals surface area contributed by atoms with Crippen molar-refractivity contribution < 1.29 is 14.3 Å². The van der Waals surface area contributed by atoms with Crippen LogP contribution < -0.4 is 5.32 Å². The zero-order valence-electron chi connectivity index (χ0n) is 13.9. The third kappa shape index (κ3) is 3.82. The number of carbonyl (C=O) groups is 1. The van der Waals surface area contributed by atoms with E-state index in [4.69, 9.17) is 4.42 Å². The van der Waals surface area contributed by atoms with Crippen molar-refractivity contribution in [2.24, 2.45) is 5.92 Å². The van der Waals surface area contributed by atoms with Crippen molar-refractivity contribution in [2.75, 3.05) is 6.61 Å². The Balaban J connectivity index is 1.75. The summed E-state index contributed by atoms with van der Waals surface area (Å²) in [5, 5.41) is 20.5. The molecule has 6 heteroatoms. The van der Waals surface area contributed by atoms with Gasteiger partial charge in [0.25, 0.3) is 5.91 Å². The molecule has 2 atom stereocenters. The van der Waals surface area contributed by atoms with Gasteiger partial charge in [-0.2, -0.15) is 0 Å². The van der Waals surface area contributed by atoms with Gasteiger partial charge >= 0.3 is 0 Å². The first-order chi connectivity index (χ1) is 11.7. The second-order valence-corrected chi connectivity index (χ2v) is 6.37.